The zero-order valence-corrected chi connectivity index (χ0v) is 18.6. The Morgan fingerprint density at radius 2 is 1.88 bits per heavy atom. The molecule has 3 heterocycles. The molecular formula is C24H25N5O4. The lowest BCUT2D eigenvalue weighted by Gasteiger charge is -2.11. The van der Waals surface area contributed by atoms with E-state index in [1.165, 1.54) is 0 Å². The van der Waals surface area contributed by atoms with Gasteiger partial charge in [0, 0.05) is 35.0 Å². The van der Waals surface area contributed by atoms with Crippen molar-refractivity contribution in [2.45, 2.75) is 38.1 Å². The molecule has 3 aromatic rings. The van der Waals surface area contributed by atoms with Gasteiger partial charge < -0.3 is 14.8 Å². The maximum atomic E-state index is 12.0. The van der Waals surface area contributed by atoms with Crippen LogP contribution in [0.2, 0.25) is 0 Å². The third-order valence-electron chi connectivity index (χ3n) is 5.79. The first-order valence-corrected chi connectivity index (χ1v) is 10.9. The summed E-state index contributed by atoms with van der Waals surface area (Å²) in [6, 6.07) is 8.30. The second kappa shape index (κ2) is 8.57. The SMILES string of the molecule is COc1cc(CCc2cc(NC3CC3)n3ncc(/C=C4\CC(=O)NC4=O)c3n2)cc(OC)c1. The second-order valence-corrected chi connectivity index (χ2v) is 8.33. The number of aromatic nitrogens is 3. The van der Waals surface area contributed by atoms with E-state index in [1.807, 2.05) is 24.3 Å². The average Bonchev–Trinajstić information content (AvgIpc) is 3.45. The topological polar surface area (TPSA) is 107 Å². The summed E-state index contributed by atoms with van der Waals surface area (Å²) in [5, 5.41) is 10.3. The third-order valence-corrected chi connectivity index (χ3v) is 5.79. The van der Waals surface area contributed by atoms with Crippen molar-refractivity contribution < 1.29 is 19.1 Å². The summed E-state index contributed by atoms with van der Waals surface area (Å²) < 4.78 is 12.5. The Labute approximate surface area is 190 Å². The first-order chi connectivity index (χ1) is 16.0. The molecule has 0 spiro atoms. The fourth-order valence-electron chi connectivity index (χ4n) is 3.89. The summed E-state index contributed by atoms with van der Waals surface area (Å²) in [4.78, 5) is 28.4. The molecule has 2 aliphatic rings. The van der Waals surface area contributed by atoms with Gasteiger partial charge in [0.2, 0.25) is 5.91 Å². The van der Waals surface area contributed by atoms with E-state index < -0.39 is 0 Å². The number of amides is 2. The lowest BCUT2D eigenvalue weighted by molar-refractivity contribution is -0.124. The number of hydrogen-bond acceptors (Lipinski definition) is 7. The number of methoxy groups -OCH3 is 2. The van der Waals surface area contributed by atoms with Gasteiger partial charge in [0.15, 0.2) is 5.65 Å². The largest absolute Gasteiger partial charge is 0.497 e. The summed E-state index contributed by atoms with van der Waals surface area (Å²) >= 11 is 0. The Kier molecular flexibility index (Phi) is 5.45. The number of rotatable bonds is 8. The van der Waals surface area contributed by atoms with Crippen molar-refractivity contribution in [3.05, 3.63) is 52.9 Å². The summed E-state index contributed by atoms with van der Waals surface area (Å²) in [6.45, 7) is 0. The summed E-state index contributed by atoms with van der Waals surface area (Å²) in [5.74, 6) is 1.72. The van der Waals surface area contributed by atoms with Gasteiger partial charge in [0.05, 0.1) is 26.8 Å². The van der Waals surface area contributed by atoms with Crippen molar-refractivity contribution in [3.8, 4) is 11.5 Å². The summed E-state index contributed by atoms with van der Waals surface area (Å²) in [6.07, 6.45) is 7.16. The molecular weight excluding hydrogens is 422 g/mol. The number of fused-ring (bicyclic) bond motifs is 1. The highest BCUT2D eigenvalue weighted by Gasteiger charge is 2.25. The van der Waals surface area contributed by atoms with Gasteiger partial charge in [-0.3, -0.25) is 14.9 Å². The Morgan fingerprint density at radius 1 is 1.12 bits per heavy atom. The van der Waals surface area contributed by atoms with E-state index >= 15 is 0 Å². The number of nitrogens with zero attached hydrogens (tertiary/aromatic N) is 3. The molecule has 9 nitrogen and oxygen atoms in total. The molecule has 0 unspecified atom stereocenters. The average molecular weight is 447 g/mol. The van der Waals surface area contributed by atoms with Crippen molar-refractivity contribution in [3.63, 3.8) is 0 Å². The Morgan fingerprint density at radius 3 is 2.52 bits per heavy atom. The standard InChI is InChI=1S/C24H25N5O4/c1-32-19-7-14(8-20(12-19)33-2)3-4-18-11-21(26-17-5-6-17)29-23(27-18)16(13-25-29)9-15-10-22(30)28-24(15)31/h7-9,11-13,17,26H,3-6,10H2,1-2H3,(H,28,30,31)/b15-9+. The molecule has 33 heavy (non-hydrogen) atoms. The molecule has 0 atom stereocenters. The summed E-state index contributed by atoms with van der Waals surface area (Å²) in [5.41, 5.74) is 3.76. The van der Waals surface area contributed by atoms with Crippen molar-refractivity contribution >= 4 is 29.4 Å². The van der Waals surface area contributed by atoms with Crippen LogP contribution in [0.5, 0.6) is 11.5 Å². The first-order valence-electron chi connectivity index (χ1n) is 10.9. The van der Waals surface area contributed by atoms with Gasteiger partial charge in [-0.05, 0) is 49.5 Å². The van der Waals surface area contributed by atoms with Crippen LogP contribution < -0.4 is 20.1 Å². The molecule has 9 heteroatoms. The van der Waals surface area contributed by atoms with Crippen LogP contribution >= 0.6 is 0 Å². The fourth-order valence-corrected chi connectivity index (χ4v) is 3.89. The van der Waals surface area contributed by atoms with Gasteiger partial charge >= 0.3 is 0 Å². The molecule has 1 aliphatic carbocycles. The number of ether oxygens (including phenoxy) is 2. The zero-order valence-electron chi connectivity index (χ0n) is 18.6. The van der Waals surface area contributed by atoms with E-state index in [0.717, 1.165) is 47.8 Å². The second-order valence-electron chi connectivity index (χ2n) is 8.33. The predicted octanol–water partition coefficient (Wildman–Crippen LogP) is 2.54. The number of aryl methyl sites for hydroxylation is 2. The number of nitrogens with one attached hydrogen (secondary N) is 2. The van der Waals surface area contributed by atoms with Gasteiger partial charge in [-0.1, -0.05) is 0 Å². The molecule has 1 aromatic carbocycles. The normalized spacial score (nSPS) is 17.0. The van der Waals surface area contributed by atoms with E-state index in [9.17, 15) is 9.59 Å². The molecule has 2 amide bonds. The zero-order chi connectivity index (χ0) is 22.9. The minimum atomic E-state index is -0.362. The smallest absolute Gasteiger partial charge is 0.254 e. The fraction of sp³-hybridized carbons (Fsp3) is 0.333. The number of carbonyl (C=O) groups excluding carboxylic acids is 2. The number of anilines is 1. The number of benzene rings is 1. The van der Waals surface area contributed by atoms with Crippen LogP contribution in [0.1, 0.15) is 36.1 Å². The van der Waals surface area contributed by atoms with Crippen LogP contribution in [-0.2, 0) is 22.4 Å². The van der Waals surface area contributed by atoms with Gasteiger partial charge in [-0.15, -0.1) is 0 Å². The maximum absolute atomic E-state index is 12.0. The highest BCUT2D eigenvalue weighted by atomic mass is 16.5. The molecule has 0 radical (unpaired) electrons. The lowest BCUT2D eigenvalue weighted by atomic mass is 10.1. The molecule has 170 valence electrons. The van der Waals surface area contributed by atoms with E-state index in [2.05, 4.69) is 15.7 Å². The van der Waals surface area contributed by atoms with Gasteiger partial charge in [-0.2, -0.15) is 9.61 Å². The Bertz CT molecular complexity index is 1250. The van der Waals surface area contributed by atoms with Crippen LogP contribution in [-0.4, -0.2) is 46.7 Å². The maximum Gasteiger partial charge on any atom is 0.254 e. The first kappa shape index (κ1) is 21.0. The monoisotopic (exact) mass is 447 g/mol. The molecule has 5 rings (SSSR count). The molecule has 1 aliphatic heterocycles. The van der Waals surface area contributed by atoms with Crippen molar-refractivity contribution in [1.82, 2.24) is 19.9 Å². The highest BCUT2D eigenvalue weighted by molar-refractivity contribution is 6.15. The van der Waals surface area contributed by atoms with Crippen LogP contribution in [0.15, 0.2) is 36.0 Å². The number of imide groups is 1. The predicted molar refractivity (Wildman–Crippen MR) is 122 cm³/mol. The molecule has 2 fully saturated rings. The number of hydrogen-bond donors (Lipinski definition) is 2. The van der Waals surface area contributed by atoms with Crippen LogP contribution in [0.3, 0.4) is 0 Å². The number of carbonyl (C=O) groups is 2. The van der Waals surface area contributed by atoms with Crippen LogP contribution in [0.25, 0.3) is 11.7 Å². The molecule has 1 saturated carbocycles. The Hall–Kier alpha value is -3.88. The summed E-state index contributed by atoms with van der Waals surface area (Å²) in [7, 11) is 3.27. The van der Waals surface area contributed by atoms with E-state index in [1.54, 1.807) is 31.0 Å². The minimum Gasteiger partial charge on any atom is -0.497 e. The third kappa shape index (κ3) is 4.52. The van der Waals surface area contributed by atoms with Crippen LogP contribution in [0, 0.1) is 0 Å². The van der Waals surface area contributed by atoms with Crippen molar-refractivity contribution in [1.29, 1.82) is 0 Å². The highest BCUT2D eigenvalue weighted by Crippen LogP contribution is 2.28. The van der Waals surface area contributed by atoms with Crippen molar-refractivity contribution in [2.75, 3.05) is 19.5 Å². The lowest BCUT2D eigenvalue weighted by Crippen LogP contribution is -2.19. The molecule has 1 saturated heterocycles. The molecule has 2 N–H and O–H groups in total. The van der Waals surface area contributed by atoms with Gasteiger partial charge in [-0.25, -0.2) is 4.98 Å². The van der Waals surface area contributed by atoms with Gasteiger partial charge in [0.1, 0.15) is 17.3 Å². The van der Waals surface area contributed by atoms with E-state index in [0.29, 0.717) is 29.2 Å². The Balaban J connectivity index is 1.47. The van der Waals surface area contributed by atoms with Crippen molar-refractivity contribution in [2.24, 2.45) is 0 Å². The minimum absolute atomic E-state index is 0.0702. The molecule has 0 bridgehead atoms. The quantitative estimate of drug-likeness (QED) is 0.404. The molecule has 2 aromatic heterocycles. The van der Waals surface area contributed by atoms with Crippen LogP contribution in [0.4, 0.5) is 5.82 Å². The van der Waals surface area contributed by atoms with Gasteiger partial charge in [0.25, 0.3) is 5.91 Å². The van der Waals surface area contributed by atoms with E-state index in [4.69, 9.17) is 14.5 Å². The van der Waals surface area contributed by atoms with E-state index in [-0.39, 0.29) is 18.2 Å².